The third-order valence-corrected chi connectivity index (χ3v) is 9.66. The first-order valence-electron chi connectivity index (χ1n) is 17.8. The van der Waals surface area contributed by atoms with E-state index in [0.29, 0.717) is 31.1 Å². The molecular formula is C42H50F2N2O5. The minimum atomic E-state index is -0.372. The second-order valence-electron chi connectivity index (χ2n) is 13.1. The summed E-state index contributed by atoms with van der Waals surface area (Å²) in [4.78, 5) is 11.9. The van der Waals surface area contributed by atoms with Crippen molar-refractivity contribution < 1.29 is 32.5 Å². The van der Waals surface area contributed by atoms with Gasteiger partial charge in [-0.05, 0) is 111 Å². The summed E-state index contributed by atoms with van der Waals surface area (Å²) >= 11 is 0. The normalized spacial score (nSPS) is 20.2. The van der Waals surface area contributed by atoms with Gasteiger partial charge in [-0.15, -0.1) is 0 Å². The first-order valence-corrected chi connectivity index (χ1v) is 17.8. The van der Waals surface area contributed by atoms with Crippen LogP contribution in [-0.2, 0) is 27.4 Å². The molecule has 9 heteroatoms. The highest BCUT2D eigenvalue weighted by Crippen LogP contribution is 2.32. The number of hydrogen-bond acceptors (Lipinski definition) is 7. The molecule has 4 atom stereocenters. The van der Waals surface area contributed by atoms with Crippen LogP contribution in [0.15, 0.2) is 84.9 Å². The molecule has 2 heterocycles. The van der Waals surface area contributed by atoms with E-state index in [1.54, 1.807) is 44.4 Å². The van der Waals surface area contributed by atoms with E-state index >= 15 is 0 Å². The number of hydrogen-bond donors (Lipinski definition) is 2. The standard InChI is InChI=1S/C23H28FNO4.C19H22FNO/c1-4-28-23(26)16-5-6-17(22(12-16)27-3)14-29-21-9-10-25-13-20(21)19-8-7-18(24)11-15(19)2;1-14-11-16(20)7-8-17(14)18-12-21-10-9-19(18)22-13-15-5-3-2-4-6-15/h5-8,11-12,20-21,25H,4,9-10,13-14H2,1-3H3;2-8,11,18-19,21H,9-10,12-13H2,1H3. The number of carbonyl (C=O) groups is 1. The fourth-order valence-corrected chi connectivity index (χ4v) is 6.98. The molecule has 2 aliphatic heterocycles. The highest BCUT2D eigenvalue weighted by Gasteiger charge is 2.30. The minimum Gasteiger partial charge on any atom is -0.496 e. The summed E-state index contributed by atoms with van der Waals surface area (Å²) in [5, 5.41) is 6.84. The van der Waals surface area contributed by atoms with Gasteiger partial charge in [0.1, 0.15) is 17.4 Å². The van der Waals surface area contributed by atoms with Crippen LogP contribution in [0.5, 0.6) is 5.75 Å². The van der Waals surface area contributed by atoms with Crippen LogP contribution in [0, 0.1) is 25.5 Å². The van der Waals surface area contributed by atoms with Crippen molar-refractivity contribution >= 4 is 5.97 Å². The molecule has 6 rings (SSSR count). The molecule has 0 spiro atoms. The van der Waals surface area contributed by atoms with Gasteiger partial charge in [0.05, 0.1) is 44.7 Å². The Hall–Kier alpha value is -4.15. The Labute approximate surface area is 300 Å². The maximum absolute atomic E-state index is 13.5. The molecule has 0 aromatic heterocycles. The maximum atomic E-state index is 13.5. The zero-order chi connectivity index (χ0) is 36.2. The van der Waals surface area contributed by atoms with E-state index in [-0.39, 0.29) is 41.6 Å². The third kappa shape index (κ3) is 10.5. The Kier molecular flexibility index (Phi) is 14.1. The van der Waals surface area contributed by atoms with Crippen molar-refractivity contribution in [3.8, 4) is 5.75 Å². The van der Waals surface area contributed by atoms with Gasteiger partial charge in [0.15, 0.2) is 0 Å². The molecule has 2 saturated heterocycles. The van der Waals surface area contributed by atoms with E-state index in [0.717, 1.165) is 61.3 Å². The Bertz CT molecular complexity index is 1720. The molecule has 51 heavy (non-hydrogen) atoms. The first-order chi connectivity index (χ1) is 24.8. The van der Waals surface area contributed by atoms with E-state index < -0.39 is 0 Å². The molecule has 272 valence electrons. The lowest BCUT2D eigenvalue weighted by molar-refractivity contribution is 0.00598. The topological polar surface area (TPSA) is 78.1 Å². The molecule has 0 aliphatic carbocycles. The molecule has 7 nitrogen and oxygen atoms in total. The number of methoxy groups -OCH3 is 1. The Balaban J connectivity index is 0.000000205. The van der Waals surface area contributed by atoms with E-state index in [9.17, 15) is 13.6 Å². The zero-order valence-corrected chi connectivity index (χ0v) is 30.1. The van der Waals surface area contributed by atoms with Crippen LogP contribution in [0.2, 0.25) is 0 Å². The average Bonchev–Trinajstić information content (AvgIpc) is 3.14. The van der Waals surface area contributed by atoms with E-state index in [1.165, 1.54) is 17.2 Å². The molecule has 0 amide bonds. The van der Waals surface area contributed by atoms with Gasteiger partial charge in [-0.25, -0.2) is 13.6 Å². The lowest BCUT2D eigenvalue weighted by Gasteiger charge is -2.33. The van der Waals surface area contributed by atoms with Gasteiger partial charge in [0.25, 0.3) is 0 Å². The Morgan fingerprint density at radius 3 is 1.84 bits per heavy atom. The van der Waals surface area contributed by atoms with Crippen LogP contribution in [-0.4, -0.2) is 58.1 Å². The smallest absolute Gasteiger partial charge is 0.338 e. The molecule has 2 fully saturated rings. The fourth-order valence-electron chi connectivity index (χ4n) is 6.98. The number of piperidine rings is 2. The summed E-state index contributed by atoms with van der Waals surface area (Å²) in [5.74, 6) is 0.250. The van der Waals surface area contributed by atoms with Crippen LogP contribution in [0.25, 0.3) is 0 Å². The van der Waals surface area contributed by atoms with Crippen molar-refractivity contribution in [3.63, 3.8) is 0 Å². The summed E-state index contributed by atoms with van der Waals surface area (Å²) < 4.78 is 49.8. The van der Waals surface area contributed by atoms with Crippen LogP contribution >= 0.6 is 0 Å². The van der Waals surface area contributed by atoms with Crippen LogP contribution in [0.4, 0.5) is 8.78 Å². The number of rotatable bonds is 11. The summed E-state index contributed by atoms with van der Waals surface area (Å²) in [6.07, 6.45) is 2.03. The Morgan fingerprint density at radius 2 is 1.31 bits per heavy atom. The summed E-state index contributed by atoms with van der Waals surface area (Å²) in [5.41, 5.74) is 6.74. The van der Waals surface area contributed by atoms with Crippen molar-refractivity contribution in [2.75, 3.05) is 39.9 Å². The molecule has 4 unspecified atom stereocenters. The Morgan fingerprint density at radius 1 is 0.745 bits per heavy atom. The molecule has 2 N–H and O–H groups in total. The third-order valence-electron chi connectivity index (χ3n) is 9.66. The quantitative estimate of drug-likeness (QED) is 0.155. The number of nitrogens with one attached hydrogen (secondary N) is 2. The predicted octanol–water partition coefficient (Wildman–Crippen LogP) is 7.78. The van der Waals surface area contributed by atoms with Gasteiger partial charge in [-0.3, -0.25) is 0 Å². The van der Waals surface area contributed by atoms with Crippen molar-refractivity contribution in [2.24, 2.45) is 0 Å². The largest absolute Gasteiger partial charge is 0.496 e. The lowest BCUT2D eigenvalue weighted by atomic mass is 9.86. The molecule has 4 aromatic rings. The van der Waals surface area contributed by atoms with Crippen LogP contribution < -0.4 is 15.4 Å². The van der Waals surface area contributed by atoms with E-state index in [2.05, 4.69) is 22.8 Å². The fraction of sp³-hybridized carbons (Fsp3) is 0.405. The second-order valence-corrected chi connectivity index (χ2v) is 13.1. The number of esters is 1. The highest BCUT2D eigenvalue weighted by atomic mass is 19.1. The summed E-state index contributed by atoms with van der Waals surface area (Å²) in [7, 11) is 1.57. The number of carbonyl (C=O) groups excluding carboxylic acids is 1. The van der Waals surface area contributed by atoms with Crippen LogP contribution in [0.1, 0.15) is 75.3 Å². The SMILES string of the molecule is CCOC(=O)c1ccc(COC2CCNCC2c2ccc(F)cc2C)c(OC)c1.Cc1cc(F)ccc1C1CNCCC1OCc1ccccc1. The van der Waals surface area contributed by atoms with Crippen molar-refractivity contribution in [1.29, 1.82) is 0 Å². The molecule has 2 aliphatic rings. The molecular weight excluding hydrogens is 650 g/mol. The number of benzene rings is 4. The van der Waals surface area contributed by atoms with Gasteiger partial charge in [-0.2, -0.15) is 0 Å². The summed E-state index contributed by atoms with van der Waals surface area (Å²) in [6, 6.07) is 25.5. The number of ether oxygens (including phenoxy) is 4. The lowest BCUT2D eigenvalue weighted by Crippen LogP contribution is -2.40. The van der Waals surface area contributed by atoms with Gasteiger partial charge in [-0.1, -0.05) is 48.5 Å². The van der Waals surface area contributed by atoms with Gasteiger partial charge in [0, 0.05) is 30.5 Å². The van der Waals surface area contributed by atoms with E-state index in [1.807, 2.05) is 50.2 Å². The molecule has 4 aromatic carbocycles. The first kappa shape index (κ1) is 38.1. The van der Waals surface area contributed by atoms with Gasteiger partial charge in [0.2, 0.25) is 0 Å². The van der Waals surface area contributed by atoms with Crippen molar-refractivity contribution in [3.05, 3.63) is 136 Å². The molecule has 0 radical (unpaired) electrons. The number of halogens is 2. The molecule has 0 saturated carbocycles. The minimum absolute atomic E-state index is 0.00912. The van der Waals surface area contributed by atoms with Crippen molar-refractivity contribution in [2.45, 2.75) is 70.9 Å². The maximum Gasteiger partial charge on any atom is 0.338 e. The van der Waals surface area contributed by atoms with E-state index in [4.69, 9.17) is 18.9 Å². The second kappa shape index (κ2) is 18.9. The highest BCUT2D eigenvalue weighted by molar-refractivity contribution is 5.90. The zero-order valence-electron chi connectivity index (χ0n) is 30.1. The molecule has 0 bridgehead atoms. The number of aryl methyl sites for hydroxylation is 2. The van der Waals surface area contributed by atoms with Crippen molar-refractivity contribution in [1.82, 2.24) is 10.6 Å². The predicted molar refractivity (Wildman–Crippen MR) is 195 cm³/mol. The van der Waals surface area contributed by atoms with Gasteiger partial charge < -0.3 is 29.6 Å². The van der Waals surface area contributed by atoms with Gasteiger partial charge >= 0.3 is 5.97 Å². The van der Waals surface area contributed by atoms with Crippen LogP contribution in [0.3, 0.4) is 0 Å². The monoisotopic (exact) mass is 700 g/mol. The summed E-state index contributed by atoms with van der Waals surface area (Å²) in [6.45, 7) is 10.5. The average molecular weight is 701 g/mol.